The SMILES string of the molecule is CC(F)(F)c1ccc(C(=O)NCC(Cc2ccccc2)(c2cccc(OC(F)(F)F)c2)c2cccc(OC(F)(F)F)c2)cn1. The molecule has 1 aromatic heterocycles. The van der Waals surface area contributed by atoms with Gasteiger partial charge >= 0.3 is 12.7 Å². The number of benzene rings is 3. The topological polar surface area (TPSA) is 60.5 Å². The van der Waals surface area contributed by atoms with E-state index in [4.69, 9.17) is 0 Å². The number of alkyl halides is 8. The van der Waals surface area contributed by atoms with Crippen LogP contribution < -0.4 is 14.8 Å². The summed E-state index contributed by atoms with van der Waals surface area (Å²) in [6, 6.07) is 20.4. The molecule has 1 N–H and O–H groups in total. The van der Waals surface area contributed by atoms with E-state index >= 15 is 0 Å². The molecule has 4 aromatic rings. The van der Waals surface area contributed by atoms with E-state index in [-0.39, 0.29) is 29.7 Å². The predicted molar refractivity (Wildman–Crippen MR) is 143 cm³/mol. The second kappa shape index (κ2) is 12.5. The lowest BCUT2D eigenvalue weighted by molar-refractivity contribution is -0.275. The van der Waals surface area contributed by atoms with Gasteiger partial charge in [-0.05, 0) is 59.5 Å². The summed E-state index contributed by atoms with van der Waals surface area (Å²) in [4.78, 5) is 16.8. The van der Waals surface area contributed by atoms with Crippen molar-refractivity contribution in [1.29, 1.82) is 0 Å². The summed E-state index contributed by atoms with van der Waals surface area (Å²) >= 11 is 0. The van der Waals surface area contributed by atoms with Crippen molar-refractivity contribution in [2.45, 2.75) is 37.4 Å². The van der Waals surface area contributed by atoms with Gasteiger partial charge in [0.2, 0.25) is 0 Å². The molecule has 0 bridgehead atoms. The zero-order valence-corrected chi connectivity index (χ0v) is 22.8. The van der Waals surface area contributed by atoms with E-state index in [1.807, 2.05) is 0 Å². The maximum Gasteiger partial charge on any atom is 0.573 e. The molecular weight excluding hydrogens is 600 g/mol. The molecule has 5 nitrogen and oxygen atoms in total. The molecule has 44 heavy (non-hydrogen) atoms. The van der Waals surface area contributed by atoms with E-state index in [1.54, 1.807) is 30.3 Å². The van der Waals surface area contributed by atoms with Gasteiger partial charge in [0.25, 0.3) is 11.8 Å². The summed E-state index contributed by atoms with van der Waals surface area (Å²) in [6.07, 6.45) is -9.15. The van der Waals surface area contributed by atoms with Gasteiger partial charge < -0.3 is 14.8 Å². The van der Waals surface area contributed by atoms with E-state index < -0.39 is 47.2 Å². The normalized spacial score (nSPS) is 12.5. The standard InChI is InChI=1S/C31H24F8N2O3/c1-28(32,33)26-14-13-21(18-40-26)27(42)41-19-29(17-20-7-3-2-4-8-20,22-9-5-11-24(15-22)43-30(34,35)36)23-10-6-12-25(16-23)44-31(37,38)39/h2-16,18H,17,19H2,1H3,(H,41,42). The summed E-state index contributed by atoms with van der Waals surface area (Å²) in [5.41, 5.74) is -1.23. The molecule has 0 aliphatic heterocycles. The molecule has 0 radical (unpaired) electrons. The van der Waals surface area contributed by atoms with Crippen LogP contribution in [0, 0.1) is 0 Å². The number of rotatable bonds is 10. The van der Waals surface area contributed by atoms with Crippen molar-refractivity contribution in [2.24, 2.45) is 0 Å². The summed E-state index contributed by atoms with van der Waals surface area (Å²) in [5, 5.41) is 2.66. The Hall–Kier alpha value is -4.68. The number of carbonyl (C=O) groups excluding carboxylic acids is 1. The molecule has 1 amide bonds. The van der Waals surface area contributed by atoms with Crippen LogP contribution in [-0.4, -0.2) is 30.2 Å². The lowest BCUT2D eigenvalue weighted by Crippen LogP contribution is -2.43. The zero-order chi connectivity index (χ0) is 32.2. The fourth-order valence-electron chi connectivity index (χ4n) is 4.68. The number of hydrogen-bond acceptors (Lipinski definition) is 4. The van der Waals surface area contributed by atoms with E-state index in [1.165, 1.54) is 24.3 Å². The Morgan fingerprint density at radius 3 is 1.73 bits per heavy atom. The molecule has 0 unspecified atom stereocenters. The fraction of sp³-hybridized carbons (Fsp3) is 0.226. The first kappa shape index (κ1) is 32.2. The van der Waals surface area contributed by atoms with Crippen LogP contribution in [0.3, 0.4) is 0 Å². The monoisotopic (exact) mass is 624 g/mol. The minimum absolute atomic E-state index is 0.0156. The number of halogens is 8. The van der Waals surface area contributed by atoms with Gasteiger partial charge in [0.05, 0.1) is 5.56 Å². The first-order valence-electron chi connectivity index (χ1n) is 12.9. The van der Waals surface area contributed by atoms with Crippen LogP contribution in [0.2, 0.25) is 0 Å². The van der Waals surface area contributed by atoms with Gasteiger partial charge in [0, 0.05) is 25.1 Å². The number of nitrogens with zero attached hydrogens (tertiary/aromatic N) is 1. The van der Waals surface area contributed by atoms with Crippen LogP contribution in [0.25, 0.3) is 0 Å². The van der Waals surface area contributed by atoms with Gasteiger partial charge in [-0.2, -0.15) is 8.78 Å². The van der Waals surface area contributed by atoms with Gasteiger partial charge in [0.15, 0.2) is 0 Å². The number of hydrogen-bond donors (Lipinski definition) is 1. The first-order valence-corrected chi connectivity index (χ1v) is 12.9. The Balaban J connectivity index is 1.84. The molecule has 0 atom stereocenters. The summed E-state index contributed by atoms with van der Waals surface area (Å²) in [6.45, 7) is 0.275. The summed E-state index contributed by atoms with van der Waals surface area (Å²) in [7, 11) is 0. The second-order valence-corrected chi connectivity index (χ2v) is 9.90. The smallest absolute Gasteiger partial charge is 0.406 e. The quantitative estimate of drug-likeness (QED) is 0.182. The third-order valence-corrected chi connectivity index (χ3v) is 6.62. The van der Waals surface area contributed by atoms with Crippen LogP contribution >= 0.6 is 0 Å². The Bertz CT molecular complexity index is 1510. The maximum atomic E-state index is 13.6. The van der Waals surface area contributed by atoms with Crippen molar-refractivity contribution in [3.8, 4) is 11.5 Å². The molecule has 0 fully saturated rings. The molecule has 4 rings (SSSR count). The second-order valence-electron chi connectivity index (χ2n) is 9.90. The molecule has 232 valence electrons. The highest BCUT2D eigenvalue weighted by Gasteiger charge is 2.38. The van der Waals surface area contributed by atoms with Crippen LogP contribution in [0.4, 0.5) is 35.1 Å². The van der Waals surface area contributed by atoms with Gasteiger partial charge in [-0.3, -0.25) is 9.78 Å². The number of carbonyl (C=O) groups is 1. The highest BCUT2D eigenvalue weighted by atomic mass is 19.4. The highest BCUT2D eigenvalue weighted by Crippen LogP contribution is 2.40. The number of ether oxygens (including phenoxy) is 2. The third kappa shape index (κ3) is 8.45. The van der Waals surface area contributed by atoms with E-state index in [2.05, 4.69) is 19.8 Å². The largest absolute Gasteiger partial charge is 0.573 e. The van der Waals surface area contributed by atoms with E-state index in [9.17, 15) is 39.9 Å². The average Bonchev–Trinajstić information content (AvgIpc) is 2.94. The third-order valence-electron chi connectivity index (χ3n) is 6.62. The molecule has 13 heteroatoms. The lowest BCUT2D eigenvalue weighted by Gasteiger charge is -2.36. The van der Waals surface area contributed by atoms with Crippen molar-refractivity contribution in [3.05, 3.63) is 125 Å². The molecule has 0 saturated carbocycles. The predicted octanol–water partition coefficient (Wildman–Crippen LogP) is 7.95. The van der Waals surface area contributed by atoms with Gasteiger partial charge in [0.1, 0.15) is 17.2 Å². The highest BCUT2D eigenvalue weighted by molar-refractivity contribution is 5.94. The molecule has 3 aromatic carbocycles. The molecule has 0 aliphatic carbocycles. The number of amides is 1. The first-order chi connectivity index (χ1) is 20.5. The fourth-order valence-corrected chi connectivity index (χ4v) is 4.68. The van der Waals surface area contributed by atoms with Crippen molar-refractivity contribution < 1.29 is 49.4 Å². The Morgan fingerprint density at radius 2 is 1.27 bits per heavy atom. The zero-order valence-electron chi connectivity index (χ0n) is 22.8. The van der Waals surface area contributed by atoms with Gasteiger partial charge in [-0.25, -0.2) is 0 Å². The van der Waals surface area contributed by atoms with Crippen LogP contribution in [-0.2, 0) is 17.8 Å². The minimum atomic E-state index is -5.04. The molecule has 0 spiro atoms. The van der Waals surface area contributed by atoms with E-state index in [0.29, 0.717) is 12.5 Å². The Kier molecular flexibility index (Phi) is 9.17. The average molecular weight is 625 g/mol. The minimum Gasteiger partial charge on any atom is -0.406 e. The maximum absolute atomic E-state index is 13.6. The molecule has 0 aliphatic rings. The van der Waals surface area contributed by atoms with Crippen molar-refractivity contribution in [1.82, 2.24) is 10.3 Å². The van der Waals surface area contributed by atoms with Crippen LogP contribution in [0.15, 0.2) is 97.2 Å². The van der Waals surface area contributed by atoms with E-state index in [0.717, 1.165) is 42.6 Å². The van der Waals surface area contributed by atoms with Crippen molar-refractivity contribution in [3.63, 3.8) is 0 Å². The van der Waals surface area contributed by atoms with Gasteiger partial charge in [-0.1, -0.05) is 54.6 Å². The Labute approximate surface area is 246 Å². The Morgan fingerprint density at radius 1 is 0.727 bits per heavy atom. The van der Waals surface area contributed by atoms with Crippen molar-refractivity contribution >= 4 is 5.91 Å². The lowest BCUT2D eigenvalue weighted by atomic mass is 9.70. The molecular formula is C31H24F8N2O3. The summed E-state index contributed by atoms with van der Waals surface area (Å²) in [5.74, 6) is -5.22. The molecule has 0 saturated heterocycles. The number of nitrogens with one attached hydrogen (secondary N) is 1. The summed E-state index contributed by atoms with van der Waals surface area (Å²) < 4.78 is 114. The van der Waals surface area contributed by atoms with Crippen LogP contribution in [0.5, 0.6) is 11.5 Å². The van der Waals surface area contributed by atoms with Gasteiger partial charge in [-0.15, -0.1) is 26.3 Å². The number of pyridine rings is 1. The molecule has 1 heterocycles. The number of aromatic nitrogens is 1. The van der Waals surface area contributed by atoms with Crippen LogP contribution in [0.1, 0.15) is 39.7 Å². The van der Waals surface area contributed by atoms with Crippen molar-refractivity contribution in [2.75, 3.05) is 6.54 Å².